The van der Waals surface area contributed by atoms with E-state index in [0.717, 1.165) is 12.8 Å². The molecule has 1 aliphatic carbocycles. The maximum Gasteiger partial charge on any atom is 0.225 e. The molecule has 1 atom stereocenters. The maximum absolute atomic E-state index is 11.6. The Kier molecular flexibility index (Phi) is 2.75. The highest BCUT2D eigenvalue weighted by Gasteiger charge is 2.41. The first-order valence-electron chi connectivity index (χ1n) is 5.40. The second kappa shape index (κ2) is 4.04. The van der Waals surface area contributed by atoms with Crippen LogP contribution < -0.4 is 5.32 Å². The first kappa shape index (κ1) is 10.2. The predicted octanol–water partition coefficient (Wildman–Crippen LogP) is 0.299. The molecule has 1 N–H and O–H groups in total. The molecule has 1 aliphatic heterocycles. The van der Waals surface area contributed by atoms with Gasteiger partial charge in [0.15, 0.2) is 0 Å². The van der Waals surface area contributed by atoms with Crippen LogP contribution in [-0.4, -0.2) is 35.8 Å². The maximum atomic E-state index is 11.6. The van der Waals surface area contributed by atoms with E-state index in [1.54, 1.807) is 6.08 Å². The summed E-state index contributed by atoms with van der Waals surface area (Å²) in [6, 6.07) is 0.426. The Labute approximate surface area is 89.3 Å². The zero-order valence-electron chi connectivity index (χ0n) is 8.74. The van der Waals surface area contributed by atoms with Crippen molar-refractivity contribution >= 4 is 11.8 Å². The molecule has 0 aromatic rings. The van der Waals surface area contributed by atoms with Crippen LogP contribution in [0, 0.1) is 5.92 Å². The van der Waals surface area contributed by atoms with E-state index in [-0.39, 0.29) is 17.7 Å². The van der Waals surface area contributed by atoms with Crippen LogP contribution in [-0.2, 0) is 9.59 Å². The molecule has 0 radical (unpaired) electrons. The van der Waals surface area contributed by atoms with Crippen LogP contribution in [0.15, 0.2) is 12.7 Å². The predicted molar refractivity (Wildman–Crippen MR) is 56.0 cm³/mol. The van der Waals surface area contributed by atoms with Crippen molar-refractivity contribution in [2.75, 3.05) is 13.1 Å². The molecule has 0 unspecified atom stereocenters. The normalized spacial score (nSPS) is 25.5. The first-order valence-corrected chi connectivity index (χ1v) is 5.40. The Morgan fingerprint density at radius 1 is 1.60 bits per heavy atom. The molecule has 2 aliphatic rings. The molecule has 2 fully saturated rings. The number of hydrogen-bond donors (Lipinski definition) is 1. The van der Waals surface area contributed by atoms with Crippen LogP contribution in [0.5, 0.6) is 0 Å². The number of rotatable bonds is 4. The van der Waals surface area contributed by atoms with Crippen molar-refractivity contribution in [3.05, 3.63) is 12.7 Å². The summed E-state index contributed by atoms with van der Waals surface area (Å²) < 4.78 is 0. The fourth-order valence-corrected chi connectivity index (χ4v) is 1.96. The van der Waals surface area contributed by atoms with Gasteiger partial charge in [-0.2, -0.15) is 0 Å². The van der Waals surface area contributed by atoms with Crippen molar-refractivity contribution < 1.29 is 9.59 Å². The van der Waals surface area contributed by atoms with E-state index in [9.17, 15) is 9.59 Å². The largest absolute Gasteiger partial charge is 0.352 e. The van der Waals surface area contributed by atoms with Crippen LogP contribution in [0.1, 0.15) is 19.3 Å². The van der Waals surface area contributed by atoms with Gasteiger partial charge in [0.05, 0.1) is 5.92 Å². The summed E-state index contributed by atoms with van der Waals surface area (Å²) in [7, 11) is 0. The zero-order chi connectivity index (χ0) is 10.8. The lowest BCUT2D eigenvalue weighted by molar-refractivity contribution is -0.129. The zero-order valence-corrected chi connectivity index (χ0v) is 8.74. The van der Waals surface area contributed by atoms with Crippen molar-refractivity contribution in [1.29, 1.82) is 0 Å². The Morgan fingerprint density at radius 2 is 2.33 bits per heavy atom. The molecule has 82 valence electrons. The molecule has 15 heavy (non-hydrogen) atoms. The highest BCUT2D eigenvalue weighted by molar-refractivity contribution is 5.89. The third-order valence-corrected chi connectivity index (χ3v) is 2.94. The van der Waals surface area contributed by atoms with Gasteiger partial charge in [-0.05, 0) is 12.8 Å². The van der Waals surface area contributed by atoms with Crippen LogP contribution in [0.4, 0.5) is 0 Å². The van der Waals surface area contributed by atoms with Gasteiger partial charge in [-0.3, -0.25) is 9.59 Å². The molecule has 1 heterocycles. The minimum atomic E-state index is -0.155. The lowest BCUT2D eigenvalue weighted by atomic mass is 10.1. The van der Waals surface area contributed by atoms with Crippen molar-refractivity contribution in [3.63, 3.8) is 0 Å². The Hall–Kier alpha value is -1.32. The summed E-state index contributed by atoms with van der Waals surface area (Å²) in [6.07, 6.45) is 4.23. The Morgan fingerprint density at radius 3 is 2.93 bits per heavy atom. The Bertz CT molecular complexity index is 297. The minimum Gasteiger partial charge on any atom is -0.352 e. The summed E-state index contributed by atoms with van der Waals surface area (Å²) in [6.45, 7) is 4.62. The molecule has 4 nitrogen and oxygen atoms in total. The third kappa shape index (κ3) is 2.19. The Balaban J connectivity index is 1.87. The van der Waals surface area contributed by atoms with Crippen molar-refractivity contribution in [2.24, 2.45) is 5.92 Å². The topological polar surface area (TPSA) is 49.4 Å². The molecule has 1 saturated heterocycles. The van der Waals surface area contributed by atoms with Gasteiger partial charge in [0.1, 0.15) is 0 Å². The van der Waals surface area contributed by atoms with E-state index in [2.05, 4.69) is 11.9 Å². The molecular formula is C11H16N2O2. The molecule has 2 rings (SSSR count). The molecular weight excluding hydrogens is 192 g/mol. The van der Waals surface area contributed by atoms with Crippen LogP contribution in [0.2, 0.25) is 0 Å². The standard InChI is InChI=1S/C11H16N2O2/c1-2-5-12-11(15)8-6-10(14)13(7-8)9-3-4-9/h2,8-9H,1,3-7H2,(H,12,15)/t8-/m0/s1. The van der Waals surface area contributed by atoms with E-state index in [1.807, 2.05) is 4.90 Å². The average molecular weight is 208 g/mol. The SMILES string of the molecule is C=CCNC(=O)[C@H]1CC(=O)N(C2CC2)C1. The highest BCUT2D eigenvalue weighted by atomic mass is 16.2. The molecule has 4 heteroatoms. The minimum absolute atomic E-state index is 0.0219. The quantitative estimate of drug-likeness (QED) is 0.675. The first-order chi connectivity index (χ1) is 7.22. The summed E-state index contributed by atoms with van der Waals surface area (Å²) in [5.74, 6) is -0.0410. The smallest absolute Gasteiger partial charge is 0.225 e. The number of nitrogens with one attached hydrogen (secondary N) is 1. The summed E-state index contributed by atoms with van der Waals surface area (Å²) in [4.78, 5) is 25.0. The van der Waals surface area contributed by atoms with Gasteiger partial charge in [-0.1, -0.05) is 6.08 Å². The molecule has 0 aromatic carbocycles. The van der Waals surface area contributed by atoms with E-state index in [4.69, 9.17) is 0 Å². The highest BCUT2D eigenvalue weighted by Crippen LogP contribution is 2.32. The van der Waals surface area contributed by atoms with Crippen LogP contribution >= 0.6 is 0 Å². The van der Waals surface area contributed by atoms with Crippen molar-refractivity contribution in [3.8, 4) is 0 Å². The van der Waals surface area contributed by atoms with Crippen LogP contribution in [0.25, 0.3) is 0 Å². The van der Waals surface area contributed by atoms with Crippen molar-refractivity contribution in [1.82, 2.24) is 10.2 Å². The number of hydrogen-bond acceptors (Lipinski definition) is 2. The second-order valence-electron chi connectivity index (χ2n) is 4.21. The van der Waals surface area contributed by atoms with Crippen LogP contribution in [0.3, 0.4) is 0 Å². The summed E-state index contributed by atoms with van der Waals surface area (Å²) in [5, 5.41) is 2.74. The van der Waals surface area contributed by atoms with Gasteiger partial charge in [-0.25, -0.2) is 0 Å². The van der Waals surface area contributed by atoms with Gasteiger partial charge < -0.3 is 10.2 Å². The van der Waals surface area contributed by atoms with Gasteiger partial charge in [-0.15, -0.1) is 6.58 Å². The molecule has 2 amide bonds. The number of carbonyl (C=O) groups excluding carboxylic acids is 2. The fourth-order valence-electron chi connectivity index (χ4n) is 1.96. The molecule has 0 spiro atoms. The number of likely N-dealkylation sites (tertiary alicyclic amines) is 1. The molecule has 1 saturated carbocycles. The second-order valence-corrected chi connectivity index (χ2v) is 4.21. The number of amides is 2. The van der Waals surface area contributed by atoms with E-state index in [0.29, 0.717) is 25.6 Å². The van der Waals surface area contributed by atoms with Gasteiger partial charge >= 0.3 is 0 Å². The molecule has 0 aromatic heterocycles. The third-order valence-electron chi connectivity index (χ3n) is 2.94. The lowest BCUT2D eigenvalue weighted by Gasteiger charge is -2.14. The fraction of sp³-hybridized carbons (Fsp3) is 0.636. The van der Waals surface area contributed by atoms with Gasteiger partial charge in [0, 0.05) is 25.6 Å². The van der Waals surface area contributed by atoms with E-state index in [1.165, 1.54) is 0 Å². The van der Waals surface area contributed by atoms with Crippen molar-refractivity contribution in [2.45, 2.75) is 25.3 Å². The average Bonchev–Trinajstić information content (AvgIpc) is 2.99. The number of nitrogens with zero attached hydrogens (tertiary/aromatic N) is 1. The number of carbonyl (C=O) groups is 2. The molecule has 0 bridgehead atoms. The monoisotopic (exact) mass is 208 g/mol. The summed E-state index contributed by atoms with van der Waals surface area (Å²) >= 11 is 0. The summed E-state index contributed by atoms with van der Waals surface area (Å²) in [5.41, 5.74) is 0. The van der Waals surface area contributed by atoms with E-state index < -0.39 is 0 Å². The van der Waals surface area contributed by atoms with Gasteiger partial charge in [0.25, 0.3) is 0 Å². The van der Waals surface area contributed by atoms with E-state index >= 15 is 0 Å². The van der Waals surface area contributed by atoms with Gasteiger partial charge in [0.2, 0.25) is 11.8 Å². The lowest BCUT2D eigenvalue weighted by Crippen LogP contribution is -2.33.